The van der Waals surface area contributed by atoms with E-state index in [1.54, 1.807) is 17.0 Å². The van der Waals surface area contributed by atoms with Crippen molar-refractivity contribution in [3.63, 3.8) is 0 Å². The van der Waals surface area contributed by atoms with Gasteiger partial charge in [-0.15, -0.1) is 0 Å². The second-order valence-corrected chi connectivity index (χ2v) is 6.23. The first-order valence-electron chi connectivity index (χ1n) is 8.22. The molecule has 126 valence electrons. The van der Waals surface area contributed by atoms with Gasteiger partial charge in [0.05, 0.1) is 6.10 Å². The highest BCUT2D eigenvalue weighted by Crippen LogP contribution is 2.25. The highest BCUT2D eigenvalue weighted by Gasteiger charge is 2.33. The molecule has 1 N–H and O–H groups in total. The third-order valence-corrected chi connectivity index (χ3v) is 4.74. The van der Waals surface area contributed by atoms with E-state index in [9.17, 15) is 14.3 Å². The Bertz CT molecular complexity index is 546. The normalized spacial score (nSPS) is 25.6. The van der Waals surface area contributed by atoms with Crippen LogP contribution in [-0.2, 0) is 4.79 Å². The summed E-state index contributed by atoms with van der Waals surface area (Å²) in [6.45, 7) is 2.79. The zero-order valence-corrected chi connectivity index (χ0v) is 13.2. The number of amides is 1. The summed E-state index contributed by atoms with van der Waals surface area (Å²) in [5, 5.41) is 9.98. The van der Waals surface area contributed by atoms with Crippen molar-refractivity contribution in [3.05, 3.63) is 30.1 Å². The van der Waals surface area contributed by atoms with Gasteiger partial charge in [-0.25, -0.2) is 4.39 Å². The number of ether oxygens (including phenoxy) is 1. The van der Waals surface area contributed by atoms with Gasteiger partial charge in [-0.1, -0.05) is 6.07 Å². The van der Waals surface area contributed by atoms with Crippen LogP contribution in [0, 0.1) is 5.82 Å². The molecule has 0 unspecified atom stereocenters. The number of hydrogen-bond donors (Lipinski definition) is 1. The third kappa shape index (κ3) is 4.00. The predicted octanol–water partition coefficient (Wildman–Crippen LogP) is 1.26. The van der Waals surface area contributed by atoms with Gasteiger partial charge < -0.3 is 14.7 Å². The molecule has 1 aliphatic heterocycles. The molecule has 0 spiro atoms. The quantitative estimate of drug-likeness (QED) is 0.907. The molecule has 0 radical (unpaired) electrons. The summed E-state index contributed by atoms with van der Waals surface area (Å²) in [5.74, 6) is -0.0920. The van der Waals surface area contributed by atoms with Crippen molar-refractivity contribution in [2.45, 2.75) is 31.4 Å². The van der Waals surface area contributed by atoms with Crippen LogP contribution < -0.4 is 4.74 Å². The number of carbonyl (C=O) groups is 1. The number of rotatable bonds is 4. The molecule has 2 fully saturated rings. The molecule has 1 aromatic carbocycles. The maximum Gasteiger partial charge on any atom is 0.260 e. The highest BCUT2D eigenvalue weighted by atomic mass is 19.1. The Labute approximate surface area is 135 Å². The predicted molar refractivity (Wildman–Crippen MR) is 83.7 cm³/mol. The van der Waals surface area contributed by atoms with Crippen LogP contribution in [0.1, 0.15) is 19.3 Å². The van der Waals surface area contributed by atoms with E-state index in [1.807, 2.05) is 0 Å². The molecule has 1 aliphatic carbocycles. The Balaban J connectivity index is 1.45. The van der Waals surface area contributed by atoms with E-state index >= 15 is 0 Å². The lowest BCUT2D eigenvalue weighted by atomic mass is 10.1. The number of aliphatic hydroxyl groups excluding tert-OH is 1. The lowest BCUT2D eigenvalue weighted by Crippen LogP contribution is -2.54. The maximum absolute atomic E-state index is 13.1. The molecule has 3 rings (SSSR count). The molecule has 6 heteroatoms. The van der Waals surface area contributed by atoms with Crippen LogP contribution in [-0.4, -0.2) is 65.7 Å². The van der Waals surface area contributed by atoms with Crippen LogP contribution in [0.4, 0.5) is 4.39 Å². The molecular formula is C17H23FN2O3. The van der Waals surface area contributed by atoms with Crippen molar-refractivity contribution in [1.29, 1.82) is 0 Å². The van der Waals surface area contributed by atoms with Gasteiger partial charge in [-0.2, -0.15) is 0 Å². The fourth-order valence-electron chi connectivity index (χ4n) is 3.44. The molecule has 1 amide bonds. The largest absolute Gasteiger partial charge is 0.484 e. The van der Waals surface area contributed by atoms with Gasteiger partial charge in [0.2, 0.25) is 0 Å². The number of benzene rings is 1. The summed E-state index contributed by atoms with van der Waals surface area (Å²) in [4.78, 5) is 16.2. The summed E-state index contributed by atoms with van der Waals surface area (Å²) in [7, 11) is 0. The molecule has 2 atom stereocenters. The molecule has 0 aromatic heterocycles. The summed E-state index contributed by atoms with van der Waals surface area (Å²) < 4.78 is 18.4. The fraction of sp³-hybridized carbons (Fsp3) is 0.588. The number of aliphatic hydroxyl groups is 1. The number of hydrogen-bond acceptors (Lipinski definition) is 4. The Morgan fingerprint density at radius 3 is 2.70 bits per heavy atom. The van der Waals surface area contributed by atoms with Gasteiger partial charge in [0, 0.05) is 38.3 Å². The molecule has 5 nitrogen and oxygen atoms in total. The van der Waals surface area contributed by atoms with E-state index in [2.05, 4.69) is 4.90 Å². The molecule has 1 heterocycles. The molecule has 0 bridgehead atoms. The zero-order valence-electron chi connectivity index (χ0n) is 13.2. The van der Waals surface area contributed by atoms with Crippen molar-refractivity contribution in [2.24, 2.45) is 0 Å². The Morgan fingerprint density at radius 1 is 1.26 bits per heavy atom. The maximum atomic E-state index is 13.1. The number of piperazine rings is 1. The van der Waals surface area contributed by atoms with Gasteiger partial charge in [0.15, 0.2) is 6.61 Å². The van der Waals surface area contributed by atoms with E-state index in [0.717, 1.165) is 32.4 Å². The number of carbonyl (C=O) groups excluding carboxylic acids is 1. The lowest BCUT2D eigenvalue weighted by Gasteiger charge is -2.39. The Kier molecular flexibility index (Phi) is 5.13. The van der Waals surface area contributed by atoms with Crippen molar-refractivity contribution in [3.8, 4) is 5.75 Å². The molecule has 1 aromatic rings. The van der Waals surface area contributed by atoms with Gasteiger partial charge in [0.25, 0.3) is 5.91 Å². The first-order chi connectivity index (χ1) is 11.1. The Hall–Kier alpha value is -1.66. The first kappa shape index (κ1) is 16.2. The molecule has 2 aliphatic rings. The fourth-order valence-corrected chi connectivity index (χ4v) is 3.44. The molecule has 1 saturated carbocycles. The standard InChI is InChI=1S/C17H23FN2O3/c18-13-3-1-4-14(11-13)23-12-17(22)20-9-7-19(8-10-20)15-5-2-6-16(15)21/h1,3-4,11,15-16,21H,2,5-10,12H2/t15-,16+/m0/s1. The van der Waals surface area contributed by atoms with Gasteiger partial charge >= 0.3 is 0 Å². The van der Waals surface area contributed by atoms with E-state index in [0.29, 0.717) is 18.8 Å². The van der Waals surface area contributed by atoms with Gasteiger partial charge in [0.1, 0.15) is 11.6 Å². The minimum Gasteiger partial charge on any atom is -0.484 e. The van der Waals surface area contributed by atoms with Gasteiger partial charge in [-0.05, 0) is 31.4 Å². The average molecular weight is 322 g/mol. The first-order valence-corrected chi connectivity index (χ1v) is 8.22. The average Bonchev–Trinajstić information content (AvgIpc) is 2.99. The summed E-state index contributed by atoms with van der Waals surface area (Å²) in [6.07, 6.45) is 2.77. The topological polar surface area (TPSA) is 53.0 Å². The number of halogens is 1. The molecule has 23 heavy (non-hydrogen) atoms. The highest BCUT2D eigenvalue weighted by molar-refractivity contribution is 5.77. The van der Waals surface area contributed by atoms with Crippen LogP contribution in [0.25, 0.3) is 0 Å². The monoisotopic (exact) mass is 322 g/mol. The smallest absolute Gasteiger partial charge is 0.260 e. The van der Waals surface area contributed by atoms with Gasteiger partial charge in [-0.3, -0.25) is 9.69 Å². The summed E-state index contributed by atoms with van der Waals surface area (Å²) >= 11 is 0. The second-order valence-electron chi connectivity index (χ2n) is 6.23. The lowest BCUT2D eigenvalue weighted by molar-refractivity contribution is -0.135. The van der Waals surface area contributed by atoms with Crippen LogP contribution in [0.15, 0.2) is 24.3 Å². The summed E-state index contributed by atoms with van der Waals surface area (Å²) in [6, 6.07) is 6.05. The van der Waals surface area contributed by atoms with Crippen molar-refractivity contribution >= 4 is 5.91 Å². The van der Waals surface area contributed by atoms with Crippen molar-refractivity contribution < 1.29 is 19.0 Å². The Morgan fingerprint density at radius 2 is 2.04 bits per heavy atom. The second kappa shape index (κ2) is 7.27. The van der Waals surface area contributed by atoms with Crippen LogP contribution in [0.5, 0.6) is 5.75 Å². The van der Waals surface area contributed by atoms with Crippen molar-refractivity contribution in [1.82, 2.24) is 9.80 Å². The van der Waals surface area contributed by atoms with E-state index in [4.69, 9.17) is 4.74 Å². The van der Waals surface area contributed by atoms with E-state index in [1.165, 1.54) is 12.1 Å². The minimum atomic E-state index is -0.376. The summed E-state index contributed by atoms with van der Waals surface area (Å²) in [5.41, 5.74) is 0. The molecular weight excluding hydrogens is 299 g/mol. The van der Waals surface area contributed by atoms with Crippen LogP contribution in [0.2, 0.25) is 0 Å². The number of nitrogens with zero attached hydrogens (tertiary/aromatic N) is 2. The SMILES string of the molecule is O=C(COc1cccc(F)c1)N1CCN([C@H]2CCC[C@H]2O)CC1. The zero-order chi connectivity index (χ0) is 16.2. The van der Waals surface area contributed by atoms with Crippen LogP contribution in [0.3, 0.4) is 0 Å². The van der Waals surface area contributed by atoms with Crippen molar-refractivity contribution in [2.75, 3.05) is 32.8 Å². The van der Waals surface area contributed by atoms with Crippen LogP contribution >= 0.6 is 0 Å². The molecule has 1 saturated heterocycles. The van der Waals surface area contributed by atoms with E-state index in [-0.39, 0.29) is 30.5 Å². The third-order valence-electron chi connectivity index (χ3n) is 4.74. The minimum absolute atomic E-state index is 0.0739. The van der Waals surface area contributed by atoms with E-state index < -0.39 is 0 Å².